The Kier molecular flexibility index (Phi) is 4.81. The van der Waals surface area contributed by atoms with Gasteiger partial charge in [0.2, 0.25) is 0 Å². The Bertz CT molecular complexity index is 419. The molecule has 92 valence electrons. The quantitative estimate of drug-likeness (QED) is 0.738. The Morgan fingerprint density at radius 3 is 3.06 bits per heavy atom. The minimum atomic E-state index is 0.0180. The average molecular weight is 409 g/mol. The molecule has 0 aliphatic carbocycles. The third kappa shape index (κ3) is 3.66. The lowest BCUT2D eigenvalue weighted by atomic mass is 10.1. The van der Waals surface area contributed by atoms with Crippen molar-refractivity contribution in [3.8, 4) is 0 Å². The van der Waals surface area contributed by atoms with Crippen LogP contribution in [0.25, 0.3) is 0 Å². The van der Waals surface area contributed by atoms with Gasteiger partial charge in [0.05, 0.1) is 5.56 Å². The molecular weight excluding hydrogens is 395 g/mol. The second-order valence-electron chi connectivity index (χ2n) is 4.14. The monoisotopic (exact) mass is 408 g/mol. The number of hydrogen-bond acceptors (Lipinski definition) is 2. The van der Waals surface area contributed by atoms with Crippen LogP contribution in [-0.2, 0) is 0 Å². The maximum atomic E-state index is 12.1. The molecule has 17 heavy (non-hydrogen) atoms. The highest BCUT2D eigenvalue weighted by atomic mass is 127. The molecule has 1 fully saturated rings. The van der Waals surface area contributed by atoms with Crippen LogP contribution in [0.5, 0.6) is 0 Å². The van der Waals surface area contributed by atoms with Crippen molar-refractivity contribution >= 4 is 44.4 Å². The Labute approximate surface area is 123 Å². The van der Waals surface area contributed by atoms with Crippen LogP contribution in [0.3, 0.4) is 0 Å². The standard InChI is InChI=1S/C12H14BrIN2O/c13-8-3-4-11(14)10(6-8)12(17)16-9-2-1-5-15-7-9/h3-4,6,9,15H,1-2,5,7H2,(H,16,17). The normalized spacial score (nSPS) is 20.0. The molecule has 5 heteroatoms. The van der Waals surface area contributed by atoms with Crippen LogP contribution >= 0.6 is 38.5 Å². The minimum Gasteiger partial charge on any atom is -0.348 e. The molecule has 1 aliphatic heterocycles. The van der Waals surface area contributed by atoms with Crippen molar-refractivity contribution in [2.24, 2.45) is 0 Å². The van der Waals surface area contributed by atoms with Gasteiger partial charge in [0.25, 0.3) is 5.91 Å². The molecule has 1 atom stereocenters. The van der Waals surface area contributed by atoms with Crippen molar-refractivity contribution in [2.75, 3.05) is 13.1 Å². The number of amides is 1. The first-order valence-corrected chi connectivity index (χ1v) is 7.50. The van der Waals surface area contributed by atoms with Crippen LogP contribution in [0.15, 0.2) is 22.7 Å². The lowest BCUT2D eigenvalue weighted by molar-refractivity contribution is 0.0929. The minimum absolute atomic E-state index is 0.0180. The third-order valence-corrected chi connectivity index (χ3v) is 4.24. The number of carbonyl (C=O) groups excluding carboxylic acids is 1. The summed E-state index contributed by atoms with van der Waals surface area (Å²) in [6, 6.07) is 6.01. The molecule has 0 aromatic heterocycles. The first kappa shape index (κ1) is 13.3. The molecule has 0 spiro atoms. The fourth-order valence-corrected chi connectivity index (χ4v) is 2.85. The van der Waals surface area contributed by atoms with Gasteiger partial charge in [-0.15, -0.1) is 0 Å². The number of nitrogens with one attached hydrogen (secondary N) is 2. The zero-order valence-corrected chi connectivity index (χ0v) is 13.0. The van der Waals surface area contributed by atoms with Crippen LogP contribution in [0.2, 0.25) is 0 Å². The number of rotatable bonds is 2. The Hall–Kier alpha value is -0.140. The van der Waals surface area contributed by atoms with Gasteiger partial charge in [0.15, 0.2) is 0 Å². The maximum absolute atomic E-state index is 12.1. The van der Waals surface area contributed by atoms with E-state index in [4.69, 9.17) is 0 Å². The molecule has 3 nitrogen and oxygen atoms in total. The summed E-state index contributed by atoms with van der Waals surface area (Å²) in [5.74, 6) is 0.0180. The number of hydrogen-bond donors (Lipinski definition) is 2. The topological polar surface area (TPSA) is 41.1 Å². The van der Waals surface area contributed by atoms with Gasteiger partial charge in [-0.3, -0.25) is 4.79 Å². The van der Waals surface area contributed by atoms with Crippen LogP contribution in [-0.4, -0.2) is 25.0 Å². The van der Waals surface area contributed by atoms with Crippen LogP contribution in [0.4, 0.5) is 0 Å². The van der Waals surface area contributed by atoms with E-state index in [0.29, 0.717) is 0 Å². The summed E-state index contributed by atoms with van der Waals surface area (Å²) in [6.45, 7) is 1.93. The van der Waals surface area contributed by atoms with Gasteiger partial charge in [-0.05, 0) is 60.2 Å². The van der Waals surface area contributed by atoms with Crippen molar-refractivity contribution in [1.82, 2.24) is 10.6 Å². The van der Waals surface area contributed by atoms with E-state index in [1.807, 2.05) is 18.2 Å². The van der Waals surface area contributed by atoms with E-state index in [9.17, 15) is 4.79 Å². The van der Waals surface area contributed by atoms with Gasteiger partial charge in [-0.25, -0.2) is 0 Å². The van der Waals surface area contributed by atoms with E-state index in [1.165, 1.54) is 0 Å². The SMILES string of the molecule is O=C(NC1CCCNC1)c1cc(Br)ccc1I. The summed E-state index contributed by atoms with van der Waals surface area (Å²) in [5.41, 5.74) is 0.741. The Balaban J connectivity index is 2.05. The van der Waals surface area contributed by atoms with Crippen LogP contribution in [0.1, 0.15) is 23.2 Å². The summed E-state index contributed by atoms with van der Waals surface area (Å²) in [5, 5.41) is 6.37. The lowest BCUT2D eigenvalue weighted by Gasteiger charge is -2.24. The molecule has 1 unspecified atom stereocenters. The fourth-order valence-electron chi connectivity index (χ4n) is 1.91. The molecule has 0 bridgehead atoms. The van der Waals surface area contributed by atoms with Crippen LogP contribution in [0, 0.1) is 3.57 Å². The largest absolute Gasteiger partial charge is 0.348 e. The average Bonchev–Trinajstić information content (AvgIpc) is 2.33. The van der Waals surface area contributed by atoms with E-state index in [2.05, 4.69) is 49.2 Å². The first-order chi connectivity index (χ1) is 8.16. The molecule has 1 aromatic carbocycles. The fraction of sp³-hybridized carbons (Fsp3) is 0.417. The van der Waals surface area contributed by atoms with Crippen molar-refractivity contribution in [2.45, 2.75) is 18.9 Å². The van der Waals surface area contributed by atoms with Crippen molar-refractivity contribution < 1.29 is 4.79 Å². The van der Waals surface area contributed by atoms with Crippen LogP contribution < -0.4 is 10.6 Å². The van der Waals surface area contributed by atoms with Gasteiger partial charge in [-0.1, -0.05) is 15.9 Å². The molecule has 1 heterocycles. The molecule has 0 radical (unpaired) electrons. The number of benzene rings is 1. The summed E-state index contributed by atoms with van der Waals surface area (Å²) in [4.78, 5) is 12.1. The second kappa shape index (κ2) is 6.15. The molecule has 1 aromatic rings. The predicted molar refractivity (Wildman–Crippen MR) is 80.2 cm³/mol. The van der Waals surface area contributed by atoms with E-state index < -0.39 is 0 Å². The van der Waals surface area contributed by atoms with Gasteiger partial charge < -0.3 is 10.6 Å². The zero-order valence-electron chi connectivity index (χ0n) is 9.30. The first-order valence-electron chi connectivity index (χ1n) is 5.63. The predicted octanol–water partition coefficient (Wildman–Crippen LogP) is 2.54. The summed E-state index contributed by atoms with van der Waals surface area (Å²) >= 11 is 5.58. The lowest BCUT2D eigenvalue weighted by Crippen LogP contribution is -2.45. The van der Waals surface area contributed by atoms with Crippen molar-refractivity contribution in [3.05, 3.63) is 31.8 Å². The molecular formula is C12H14BrIN2O. The smallest absolute Gasteiger partial charge is 0.252 e. The number of piperidine rings is 1. The molecule has 1 aliphatic rings. The second-order valence-corrected chi connectivity index (χ2v) is 6.22. The summed E-state index contributed by atoms with van der Waals surface area (Å²) < 4.78 is 1.91. The molecule has 0 saturated carbocycles. The van der Waals surface area contributed by atoms with Gasteiger partial charge in [0.1, 0.15) is 0 Å². The molecule has 1 saturated heterocycles. The van der Waals surface area contributed by atoms with E-state index in [-0.39, 0.29) is 11.9 Å². The zero-order chi connectivity index (χ0) is 12.3. The summed E-state index contributed by atoms with van der Waals surface area (Å²) in [6.07, 6.45) is 2.18. The molecule has 2 N–H and O–H groups in total. The Morgan fingerprint density at radius 2 is 2.35 bits per heavy atom. The van der Waals surface area contributed by atoms with E-state index in [1.54, 1.807) is 0 Å². The Morgan fingerprint density at radius 1 is 1.53 bits per heavy atom. The highest BCUT2D eigenvalue weighted by Gasteiger charge is 2.17. The van der Waals surface area contributed by atoms with Crippen molar-refractivity contribution in [1.29, 1.82) is 0 Å². The summed E-state index contributed by atoms with van der Waals surface area (Å²) in [7, 11) is 0. The van der Waals surface area contributed by atoms with Gasteiger partial charge in [0, 0.05) is 20.6 Å². The highest BCUT2D eigenvalue weighted by molar-refractivity contribution is 14.1. The number of carbonyl (C=O) groups is 1. The highest BCUT2D eigenvalue weighted by Crippen LogP contribution is 2.18. The van der Waals surface area contributed by atoms with E-state index >= 15 is 0 Å². The third-order valence-electron chi connectivity index (χ3n) is 2.81. The van der Waals surface area contributed by atoms with E-state index in [0.717, 1.165) is 39.5 Å². The molecule has 2 rings (SSSR count). The van der Waals surface area contributed by atoms with Crippen molar-refractivity contribution in [3.63, 3.8) is 0 Å². The molecule has 1 amide bonds. The van der Waals surface area contributed by atoms with Gasteiger partial charge >= 0.3 is 0 Å². The number of halogens is 2. The maximum Gasteiger partial charge on any atom is 0.252 e. The van der Waals surface area contributed by atoms with Gasteiger partial charge in [-0.2, -0.15) is 0 Å².